The van der Waals surface area contributed by atoms with Gasteiger partial charge in [0.2, 0.25) is 10.9 Å². The maximum Gasteiger partial charge on any atom is 0.301 e. The van der Waals surface area contributed by atoms with Crippen molar-refractivity contribution < 1.29 is 65.2 Å². The summed E-state index contributed by atoms with van der Waals surface area (Å²) >= 11 is 0.792. The summed E-state index contributed by atoms with van der Waals surface area (Å²) < 4.78 is 78.0. The molecule has 1 aromatic heterocycles. The molecule has 18 nitrogen and oxygen atoms in total. The fourth-order valence-electron chi connectivity index (χ4n) is 5.86. The first-order chi connectivity index (χ1) is 23.6. The summed E-state index contributed by atoms with van der Waals surface area (Å²) in [5.41, 5.74) is -4.86. The molecular formula is C28H14N2O16S4+2. The van der Waals surface area contributed by atoms with E-state index in [0.717, 1.165) is 30.3 Å². The van der Waals surface area contributed by atoms with E-state index >= 15 is 0 Å². The van der Waals surface area contributed by atoms with Crippen molar-refractivity contribution in [2.45, 2.75) is 19.6 Å². The van der Waals surface area contributed by atoms with Crippen LogP contribution in [0.4, 0.5) is 0 Å². The van der Waals surface area contributed by atoms with Crippen molar-refractivity contribution in [3.63, 3.8) is 0 Å². The Hall–Kier alpha value is -4.56. The summed E-state index contributed by atoms with van der Waals surface area (Å²) in [4.78, 5) is 59.4. The van der Waals surface area contributed by atoms with Gasteiger partial charge in [0.15, 0.2) is 15.8 Å². The maximum absolute atomic E-state index is 14.0. The highest BCUT2D eigenvalue weighted by Crippen LogP contribution is 2.33. The first-order valence-electron chi connectivity index (χ1n) is 13.3. The van der Waals surface area contributed by atoms with Crippen LogP contribution in [-0.4, -0.2) is 36.5 Å². The van der Waals surface area contributed by atoms with Gasteiger partial charge in [0, 0.05) is 37.2 Å². The predicted molar refractivity (Wildman–Crippen MR) is 173 cm³/mol. The van der Waals surface area contributed by atoms with Crippen LogP contribution in [0.2, 0.25) is 0 Å². The van der Waals surface area contributed by atoms with Crippen LogP contribution >= 0.6 is 24.1 Å². The molecule has 0 saturated carbocycles. The van der Waals surface area contributed by atoms with Gasteiger partial charge in [-0.1, -0.05) is 10.1 Å². The highest BCUT2D eigenvalue weighted by Gasteiger charge is 2.34. The fraction of sp³-hybridized carbons (Fsp3) is 0. The van der Waals surface area contributed by atoms with Gasteiger partial charge in [0.25, 0.3) is 32.2 Å². The molecule has 0 fully saturated rings. The Kier molecular flexibility index (Phi) is 8.17. The fourth-order valence-corrected chi connectivity index (χ4v) is 7.95. The van der Waals surface area contributed by atoms with Crippen LogP contribution in [0.3, 0.4) is 0 Å². The molecule has 254 valence electrons. The zero-order chi connectivity index (χ0) is 35.9. The molecule has 50 heavy (non-hydrogen) atoms. The van der Waals surface area contributed by atoms with Gasteiger partial charge in [-0.15, -0.1) is 8.67 Å². The molecule has 0 spiro atoms. The van der Waals surface area contributed by atoms with E-state index in [4.69, 9.17) is 10.5 Å². The van der Waals surface area contributed by atoms with Crippen molar-refractivity contribution >= 4 is 109 Å². The smallest absolute Gasteiger partial charge is 0.289 e. The van der Waals surface area contributed by atoms with Crippen molar-refractivity contribution in [1.29, 1.82) is 0 Å². The lowest BCUT2D eigenvalue weighted by Crippen LogP contribution is -2.26. The summed E-state index contributed by atoms with van der Waals surface area (Å²) in [5.74, 6) is 0. The number of hydrogen-bond donors (Lipinski definition) is 4. The Bertz CT molecular complexity index is 3110. The normalized spacial score (nSPS) is 12.7. The molecular weight excluding hydrogens is 749 g/mol. The molecule has 6 N–H and O–H groups in total. The Labute approximate surface area is 282 Å². The van der Waals surface area contributed by atoms with Crippen molar-refractivity contribution in [2.75, 3.05) is 0 Å². The molecule has 7 aromatic rings. The Balaban J connectivity index is 1.73. The van der Waals surface area contributed by atoms with Crippen LogP contribution < -0.4 is 31.7 Å². The molecule has 6 aromatic carbocycles. The van der Waals surface area contributed by atoms with Crippen molar-refractivity contribution in [3.8, 4) is 0 Å². The molecule has 0 aliphatic carbocycles. The van der Waals surface area contributed by atoms with Crippen LogP contribution in [0.1, 0.15) is 0 Å². The number of aromatic amines is 2. The minimum Gasteiger partial charge on any atom is -0.289 e. The van der Waals surface area contributed by atoms with Crippen LogP contribution in [0.5, 0.6) is 0 Å². The molecule has 0 unspecified atom stereocenters. The summed E-state index contributed by atoms with van der Waals surface area (Å²) in [7, 11) is -10.0. The first kappa shape index (κ1) is 33.9. The summed E-state index contributed by atoms with van der Waals surface area (Å²) in [6.07, 6.45) is 0. The van der Waals surface area contributed by atoms with Gasteiger partial charge in [-0.3, -0.25) is 28.3 Å². The zero-order valence-corrected chi connectivity index (χ0v) is 27.2. The van der Waals surface area contributed by atoms with Gasteiger partial charge in [0.05, 0.1) is 29.0 Å². The maximum atomic E-state index is 14.0. The summed E-state index contributed by atoms with van der Waals surface area (Å²) in [6, 6.07) is 8.42. The topological polar surface area (TPSA) is 283 Å². The molecule has 1 heterocycles. The number of aromatic nitrogens is 2. The number of H-pyrrole nitrogens is 2. The van der Waals surface area contributed by atoms with Crippen molar-refractivity contribution in [1.82, 2.24) is 0 Å². The number of fused-ring (bicyclic) bond motifs is 8. The minimum absolute atomic E-state index is 0.106. The molecule has 0 saturated heterocycles. The largest absolute Gasteiger partial charge is 0.301 e. The second-order valence-electron chi connectivity index (χ2n) is 10.5. The molecule has 22 heteroatoms. The second kappa shape index (κ2) is 12.0. The SMILES string of the molecule is O=c1c2ccc(S(=O)(=O)O)cc2c(=O)c2c1cc(SOOO)c1[nH+]c3c([nH+]c12)c(S(=O)(=O)O)cc1c(=O)c2ccc(SOOO)cc2c(=O)c13. The van der Waals surface area contributed by atoms with Gasteiger partial charge in [-0.05, 0) is 48.5 Å². The highest BCUT2D eigenvalue weighted by molar-refractivity contribution is 7.95. The van der Waals surface area contributed by atoms with E-state index in [2.05, 4.69) is 28.7 Å². The number of nitrogens with one attached hydrogen (secondary N) is 2. The van der Waals surface area contributed by atoms with Gasteiger partial charge in [-0.25, -0.2) is 10.5 Å². The number of hydrogen-bond acceptors (Lipinski definition) is 16. The van der Waals surface area contributed by atoms with E-state index in [1.807, 2.05) is 0 Å². The summed E-state index contributed by atoms with van der Waals surface area (Å²) in [5, 5.41) is 22.1. The van der Waals surface area contributed by atoms with Gasteiger partial charge in [0.1, 0.15) is 15.7 Å². The third-order valence-corrected chi connectivity index (χ3v) is 10.8. The van der Waals surface area contributed by atoms with E-state index < -0.39 is 73.4 Å². The van der Waals surface area contributed by atoms with Crippen LogP contribution in [-0.2, 0) is 39.0 Å². The van der Waals surface area contributed by atoms with E-state index in [0.29, 0.717) is 24.1 Å². The Morgan fingerprint density at radius 3 is 1.68 bits per heavy atom. The lowest BCUT2D eigenvalue weighted by molar-refractivity contribution is -0.432. The highest BCUT2D eigenvalue weighted by atomic mass is 32.2. The van der Waals surface area contributed by atoms with E-state index in [1.54, 1.807) is 0 Å². The van der Waals surface area contributed by atoms with E-state index in [-0.39, 0.29) is 53.3 Å². The van der Waals surface area contributed by atoms with E-state index in [9.17, 15) is 45.1 Å². The Morgan fingerprint density at radius 2 is 1.08 bits per heavy atom. The van der Waals surface area contributed by atoms with Gasteiger partial charge >= 0.3 is 10.1 Å². The number of rotatable bonds is 8. The molecule has 0 aliphatic heterocycles. The quantitative estimate of drug-likeness (QED) is 0.0429. The molecule has 0 amide bonds. The van der Waals surface area contributed by atoms with Crippen LogP contribution in [0.25, 0.3) is 65.2 Å². The standard InChI is InChI=1S/C28H12N2O16S4/c31-25-12-4-2-10(49(37,38)39)6-14(12)28(34)19-15(25)7-17(48-46-44-36)21-23(19)30-22-18(50(40,41)42)8-16-20(24(22)29-21)27(33)13-5-9(47-45-43-35)1-3-11(13)26(16)32/h1-8,35-36H,(H,37,38,39)(H,40,41,42)/p+2. The summed E-state index contributed by atoms with van der Waals surface area (Å²) in [6.45, 7) is 0. The lowest BCUT2D eigenvalue weighted by atomic mass is 9.99. The third kappa shape index (κ3) is 5.31. The molecule has 0 radical (unpaired) electrons. The molecule has 0 atom stereocenters. The van der Waals surface area contributed by atoms with Gasteiger partial charge in [-0.2, -0.15) is 26.8 Å². The first-order valence-corrected chi connectivity index (χ1v) is 17.7. The molecule has 7 rings (SSSR count). The monoisotopic (exact) mass is 762 g/mol. The minimum atomic E-state index is -5.21. The molecule has 0 aliphatic rings. The zero-order valence-electron chi connectivity index (χ0n) is 23.9. The molecule has 0 bridgehead atoms. The van der Waals surface area contributed by atoms with Crippen molar-refractivity contribution in [2.24, 2.45) is 0 Å². The third-order valence-electron chi connectivity index (χ3n) is 7.88. The average Bonchev–Trinajstić information content (AvgIpc) is 3.08. The lowest BCUT2D eigenvalue weighted by Gasteiger charge is -2.07. The van der Waals surface area contributed by atoms with Crippen LogP contribution in [0.15, 0.2) is 87.3 Å². The van der Waals surface area contributed by atoms with Crippen LogP contribution in [0, 0.1) is 0 Å². The second-order valence-corrected chi connectivity index (χ2v) is 14.8. The van der Waals surface area contributed by atoms with Crippen molar-refractivity contribution in [3.05, 3.63) is 89.4 Å². The average molecular weight is 763 g/mol. The Morgan fingerprint density at radius 1 is 0.540 bits per heavy atom. The van der Waals surface area contributed by atoms with Gasteiger partial charge < -0.3 is 0 Å². The van der Waals surface area contributed by atoms with E-state index in [1.165, 1.54) is 18.2 Å². The predicted octanol–water partition coefficient (Wildman–Crippen LogP) is 1.90. The number of benzene rings is 6.